The van der Waals surface area contributed by atoms with Crippen molar-refractivity contribution >= 4 is 45.8 Å². The van der Waals surface area contributed by atoms with Crippen LogP contribution in [0.1, 0.15) is 34.1 Å². The molecular formula is C24H20N4O5S. The molecule has 0 aliphatic carbocycles. The number of nitrogens with one attached hydrogen (secondary N) is 1. The number of hydrogen-bond acceptors (Lipinski definition) is 7. The lowest BCUT2D eigenvalue weighted by Crippen LogP contribution is -2.38. The van der Waals surface area contributed by atoms with Gasteiger partial charge in [-0.3, -0.25) is 24.1 Å². The van der Waals surface area contributed by atoms with Crippen LogP contribution in [0.15, 0.2) is 47.8 Å². The van der Waals surface area contributed by atoms with Gasteiger partial charge in [0.1, 0.15) is 5.75 Å². The molecule has 2 aliphatic heterocycles. The Morgan fingerprint density at radius 3 is 2.53 bits per heavy atom. The highest BCUT2D eigenvalue weighted by atomic mass is 32.1. The zero-order chi connectivity index (χ0) is 23.8. The van der Waals surface area contributed by atoms with Crippen LogP contribution in [0.2, 0.25) is 0 Å². The third kappa shape index (κ3) is 3.81. The number of rotatable bonds is 6. The summed E-state index contributed by atoms with van der Waals surface area (Å²) in [6.07, 6.45) is -0.0376. The molecule has 0 saturated heterocycles. The zero-order valence-corrected chi connectivity index (χ0v) is 19.1. The molecule has 172 valence electrons. The summed E-state index contributed by atoms with van der Waals surface area (Å²) in [6, 6.07) is 12.1. The summed E-state index contributed by atoms with van der Waals surface area (Å²) >= 11 is 1.26. The number of aromatic nitrogens is 1. The van der Waals surface area contributed by atoms with Crippen LogP contribution in [0.4, 0.5) is 10.8 Å². The molecule has 0 saturated carbocycles. The maximum Gasteiger partial charge on any atom is 0.265 e. The zero-order valence-electron chi connectivity index (χ0n) is 18.2. The molecule has 9 nitrogen and oxygen atoms in total. The molecule has 0 unspecified atom stereocenters. The van der Waals surface area contributed by atoms with E-state index >= 15 is 0 Å². The van der Waals surface area contributed by atoms with Gasteiger partial charge in [-0.1, -0.05) is 12.1 Å². The Balaban J connectivity index is 1.24. The number of carbonyl (C=O) groups is 4. The number of likely N-dealkylation sites (N-methyl/N-ethyl adjacent to an activating group) is 1. The van der Waals surface area contributed by atoms with Crippen LogP contribution in [0, 0.1) is 0 Å². The van der Waals surface area contributed by atoms with E-state index < -0.39 is 0 Å². The van der Waals surface area contributed by atoms with E-state index in [0.717, 1.165) is 10.5 Å². The average molecular weight is 477 g/mol. The van der Waals surface area contributed by atoms with Gasteiger partial charge in [-0.05, 0) is 37.3 Å². The molecule has 0 bridgehead atoms. The van der Waals surface area contributed by atoms with Crippen LogP contribution in [-0.4, -0.2) is 53.2 Å². The minimum absolute atomic E-state index is 0.0118. The summed E-state index contributed by atoms with van der Waals surface area (Å²) in [5, 5.41) is 4.94. The van der Waals surface area contributed by atoms with E-state index in [4.69, 9.17) is 4.74 Å². The Morgan fingerprint density at radius 2 is 1.82 bits per heavy atom. The third-order valence-electron chi connectivity index (χ3n) is 5.71. The van der Waals surface area contributed by atoms with E-state index in [1.165, 1.54) is 11.3 Å². The normalized spacial score (nSPS) is 14.7. The quantitative estimate of drug-likeness (QED) is 0.548. The molecule has 0 spiro atoms. The molecule has 0 fully saturated rings. The van der Waals surface area contributed by atoms with Gasteiger partial charge in [-0.15, -0.1) is 11.3 Å². The first kappa shape index (κ1) is 21.8. The van der Waals surface area contributed by atoms with Gasteiger partial charge in [0.25, 0.3) is 17.7 Å². The summed E-state index contributed by atoms with van der Waals surface area (Å²) in [6.45, 7) is 2.44. The Hall–Kier alpha value is -4.05. The highest BCUT2D eigenvalue weighted by molar-refractivity contribution is 7.14. The summed E-state index contributed by atoms with van der Waals surface area (Å²) in [4.78, 5) is 56.7. The number of fused-ring (bicyclic) bond motifs is 2. The fourth-order valence-corrected chi connectivity index (χ4v) is 4.75. The van der Waals surface area contributed by atoms with Gasteiger partial charge in [0.05, 0.1) is 22.5 Å². The van der Waals surface area contributed by atoms with Gasteiger partial charge in [0.2, 0.25) is 5.91 Å². The number of carbonyl (C=O) groups excluding carboxylic acids is 4. The minimum atomic E-state index is -0.388. The number of nitrogens with zero attached hydrogens (tertiary/aromatic N) is 3. The number of thiazole rings is 1. The molecule has 2 aliphatic rings. The molecule has 34 heavy (non-hydrogen) atoms. The summed E-state index contributed by atoms with van der Waals surface area (Å²) in [7, 11) is 0. The summed E-state index contributed by atoms with van der Waals surface area (Å²) < 4.78 is 5.50. The van der Waals surface area contributed by atoms with Crippen molar-refractivity contribution in [2.45, 2.75) is 13.3 Å². The van der Waals surface area contributed by atoms with Gasteiger partial charge in [-0.2, -0.15) is 0 Å². The molecule has 0 radical (unpaired) electrons. The predicted octanol–water partition coefficient (Wildman–Crippen LogP) is 3.18. The first-order valence-electron chi connectivity index (χ1n) is 10.7. The van der Waals surface area contributed by atoms with Crippen molar-refractivity contribution in [3.8, 4) is 17.0 Å². The first-order valence-corrected chi connectivity index (χ1v) is 11.6. The fourth-order valence-electron chi connectivity index (χ4n) is 4.01. The predicted molar refractivity (Wildman–Crippen MR) is 126 cm³/mol. The molecular weight excluding hydrogens is 456 g/mol. The Labute approximate surface area is 199 Å². The molecule has 5 rings (SSSR count). The largest absolute Gasteiger partial charge is 0.482 e. The van der Waals surface area contributed by atoms with E-state index in [1.54, 1.807) is 35.2 Å². The van der Waals surface area contributed by atoms with Crippen molar-refractivity contribution in [2.24, 2.45) is 0 Å². The molecule has 0 atom stereocenters. The fraction of sp³-hybridized carbons (Fsp3) is 0.208. The second-order valence-corrected chi connectivity index (χ2v) is 8.61. The van der Waals surface area contributed by atoms with Gasteiger partial charge in [0.15, 0.2) is 11.7 Å². The highest BCUT2D eigenvalue weighted by Gasteiger charge is 2.35. The van der Waals surface area contributed by atoms with Crippen LogP contribution < -0.4 is 15.0 Å². The van der Waals surface area contributed by atoms with Gasteiger partial charge in [-0.25, -0.2) is 4.98 Å². The third-order valence-corrected chi connectivity index (χ3v) is 6.46. The number of hydrogen-bond donors (Lipinski definition) is 1. The molecule has 1 aromatic heterocycles. The number of amides is 4. The van der Waals surface area contributed by atoms with Gasteiger partial charge < -0.3 is 15.0 Å². The second kappa shape index (κ2) is 8.71. The highest BCUT2D eigenvalue weighted by Crippen LogP contribution is 2.36. The van der Waals surface area contributed by atoms with Crippen LogP contribution in [0.5, 0.6) is 5.75 Å². The van der Waals surface area contributed by atoms with Crippen LogP contribution in [0.3, 0.4) is 0 Å². The molecule has 3 heterocycles. The monoisotopic (exact) mass is 476 g/mol. The lowest BCUT2D eigenvalue weighted by molar-refractivity contribution is -0.121. The maximum absolute atomic E-state index is 12.5. The average Bonchev–Trinajstić information content (AvgIpc) is 3.40. The van der Waals surface area contributed by atoms with Crippen LogP contribution in [-0.2, 0) is 9.59 Å². The minimum Gasteiger partial charge on any atom is -0.482 e. The van der Waals surface area contributed by atoms with E-state index in [2.05, 4.69) is 10.3 Å². The van der Waals surface area contributed by atoms with Crippen molar-refractivity contribution in [3.05, 3.63) is 59.0 Å². The maximum atomic E-state index is 12.5. The first-order chi connectivity index (χ1) is 16.5. The van der Waals surface area contributed by atoms with Crippen molar-refractivity contribution in [1.82, 2.24) is 9.88 Å². The van der Waals surface area contributed by atoms with Crippen molar-refractivity contribution in [3.63, 3.8) is 0 Å². The molecule has 2 aromatic carbocycles. The number of benzene rings is 2. The second-order valence-electron chi connectivity index (χ2n) is 7.75. The summed E-state index contributed by atoms with van der Waals surface area (Å²) in [5.74, 6) is -0.584. The summed E-state index contributed by atoms with van der Waals surface area (Å²) in [5.41, 5.74) is 2.85. The van der Waals surface area contributed by atoms with E-state index in [-0.39, 0.29) is 43.2 Å². The smallest absolute Gasteiger partial charge is 0.265 e. The lowest BCUT2D eigenvalue weighted by Gasteiger charge is -2.28. The Bertz CT molecular complexity index is 1300. The topological polar surface area (TPSA) is 109 Å². The van der Waals surface area contributed by atoms with E-state index in [9.17, 15) is 19.2 Å². The Morgan fingerprint density at radius 1 is 1.09 bits per heavy atom. The lowest BCUT2D eigenvalue weighted by atomic mass is 10.1. The SMILES string of the molecule is CCN1C(=O)COc2ccc(-c3csc(NC(=O)CCN4C(=O)c5ccccc5C4=O)n3)cc21. The molecule has 3 aromatic rings. The Kier molecular flexibility index (Phi) is 5.58. The molecule has 4 amide bonds. The van der Waals surface area contributed by atoms with E-state index in [0.29, 0.717) is 39.9 Å². The van der Waals surface area contributed by atoms with Gasteiger partial charge in [0, 0.05) is 30.5 Å². The van der Waals surface area contributed by atoms with Gasteiger partial charge >= 0.3 is 0 Å². The standard InChI is InChI=1S/C24H20N4O5S/c1-2-27-18-11-14(7-8-19(18)33-12-21(27)30)17-13-34-24(25-17)26-20(29)9-10-28-22(31)15-5-3-4-6-16(15)23(28)32/h3-8,11,13H,2,9-10,12H2,1H3,(H,25,26,29). The molecule has 1 N–H and O–H groups in total. The number of ether oxygens (including phenoxy) is 1. The number of anilines is 2. The van der Waals surface area contributed by atoms with Crippen molar-refractivity contribution in [1.29, 1.82) is 0 Å². The van der Waals surface area contributed by atoms with E-state index in [1.807, 2.05) is 24.4 Å². The number of imide groups is 1. The van der Waals surface area contributed by atoms with Crippen LogP contribution in [0.25, 0.3) is 11.3 Å². The van der Waals surface area contributed by atoms with Crippen molar-refractivity contribution < 1.29 is 23.9 Å². The van der Waals surface area contributed by atoms with Crippen molar-refractivity contribution in [2.75, 3.05) is 29.9 Å². The van der Waals surface area contributed by atoms with Crippen LogP contribution >= 0.6 is 11.3 Å². The molecule has 10 heteroatoms.